The second-order valence-corrected chi connectivity index (χ2v) is 2.95. The van der Waals surface area contributed by atoms with Gasteiger partial charge in [-0.3, -0.25) is 10.0 Å². The Morgan fingerprint density at radius 2 is 2.36 bits per heavy atom. The lowest BCUT2D eigenvalue weighted by Gasteiger charge is -2.39. The molecule has 0 aliphatic heterocycles. The van der Waals surface area contributed by atoms with Crippen LogP contribution in [-0.4, -0.2) is 23.8 Å². The Hall–Kier alpha value is -0.610. The van der Waals surface area contributed by atoms with E-state index in [1.807, 2.05) is 0 Å². The first kappa shape index (κ1) is 8.49. The van der Waals surface area contributed by atoms with Gasteiger partial charge in [0.05, 0.1) is 12.0 Å². The maximum Gasteiger partial charge on any atom is 0.246 e. The first-order valence-electron chi connectivity index (χ1n) is 3.70. The van der Waals surface area contributed by atoms with E-state index in [0.29, 0.717) is 0 Å². The number of amides is 1. The van der Waals surface area contributed by atoms with E-state index in [0.717, 1.165) is 19.3 Å². The number of ether oxygens (including phenoxy) is 1. The van der Waals surface area contributed by atoms with Gasteiger partial charge in [0, 0.05) is 7.11 Å². The first-order chi connectivity index (χ1) is 5.22. The molecule has 0 radical (unpaired) electrons. The van der Waals surface area contributed by atoms with E-state index in [2.05, 4.69) is 0 Å². The molecule has 0 unspecified atom stereocenters. The Morgan fingerprint density at radius 3 is 2.64 bits per heavy atom. The molecule has 1 fully saturated rings. The van der Waals surface area contributed by atoms with E-state index >= 15 is 0 Å². The second kappa shape index (κ2) is 3.19. The highest BCUT2D eigenvalue weighted by Gasteiger charge is 2.38. The number of carbonyl (C=O) groups excluding carboxylic acids is 1. The number of hydrogen-bond donors (Lipinski definition) is 2. The summed E-state index contributed by atoms with van der Waals surface area (Å²) in [6.45, 7) is 0. The van der Waals surface area contributed by atoms with Gasteiger partial charge in [0.1, 0.15) is 0 Å². The number of rotatable bonds is 3. The molecule has 4 heteroatoms. The van der Waals surface area contributed by atoms with Crippen molar-refractivity contribution in [1.29, 1.82) is 0 Å². The number of hydroxylamine groups is 1. The number of methoxy groups -OCH3 is 1. The summed E-state index contributed by atoms with van der Waals surface area (Å²) in [6.07, 6.45) is 3.19. The van der Waals surface area contributed by atoms with Crippen LogP contribution in [0.3, 0.4) is 0 Å². The zero-order valence-electron chi connectivity index (χ0n) is 6.59. The van der Waals surface area contributed by atoms with Gasteiger partial charge in [0.2, 0.25) is 5.91 Å². The Kier molecular flexibility index (Phi) is 2.46. The molecule has 1 saturated carbocycles. The Bertz CT molecular complexity index is 148. The van der Waals surface area contributed by atoms with Crippen molar-refractivity contribution in [3.8, 4) is 0 Å². The van der Waals surface area contributed by atoms with Crippen LogP contribution in [0.1, 0.15) is 25.7 Å². The molecule has 0 heterocycles. The van der Waals surface area contributed by atoms with Gasteiger partial charge in [-0.25, -0.2) is 5.48 Å². The number of hydrogen-bond acceptors (Lipinski definition) is 3. The Balaban J connectivity index is 2.38. The summed E-state index contributed by atoms with van der Waals surface area (Å²) >= 11 is 0. The molecule has 1 rings (SSSR count). The molecule has 1 amide bonds. The van der Waals surface area contributed by atoms with E-state index in [-0.39, 0.29) is 17.9 Å². The molecular formula is C7H13NO3. The molecule has 0 saturated heterocycles. The minimum absolute atomic E-state index is 0.264. The third-order valence-electron chi connectivity index (χ3n) is 2.31. The zero-order chi connectivity index (χ0) is 8.32. The molecule has 64 valence electrons. The Labute approximate surface area is 65.5 Å². The van der Waals surface area contributed by atoms with Crippen LogP contribution in [0, 0.1) is 0 Å². The van der Waals surface area contributed by atoms with Crippen molar-refractivity contribution < 1.29 is 14.7 Å². The highest BCUT2D eigenvalue weighted by atomic mass is 16.5. The average molecular weight is 159 g/mol. The highest BCUT2D eigenvalue weighted by Crippen LogP contribution is 2.37. The molecule has 2 N–H and O–H groups in total. The van der Waals surface area contributed by atoms with E-state index < -0.39 is 0 Å². The first-order valence-corrected chi connectivity index (χ1v) is 3.70. The van der Waals surface area contributed by atoms with Crippen LogP contribution in [0.25, 0.3) is 0 Å². The predicted octanol–water partition coefficient (Wildman–Crippen LogP) is 0.451. The summed E-state index contributed by atoms with van der Waals surface area (Å²) in [7, 11) is 1.60. The molecule has 0 aromatic heterocycles. The lowest BCUT2D eigenvalue weighted by Crippen LogP contribution is -2.43. The molecule has 4 nitrogen and oxygen atoms in total. The third-order valence-corrected chi connectivity index (χ3v) is 2.31. The van der Waals surface area contributed by atoms with Crippen LogP contribution in [-0.2, 0) is 9.53 Å². The van der Waals surface area contributed by atoms with Gasteiger partial charge in [-0.2, -0.15) is 0 Å². The maximum atomic E-state index is 10.7. The van der Waals surface area contributed by atoms with Crippen LogP contribution >= 0.6 is 0 Å². The van der Waals surface area contributed by atoms with Crippen molar-refractivity contribution in [3.05, 3.63) is 0 Å². The van der Waals surface area contributed by atoms with Gasteiger partial charge in [-0.15, -0.1) is 0 Å². The minimum Gasteiger partial charge on any atom is -0.378 e. The summed E-state index contributed by atoms with van der Waals surface area (Å²) in [5, 5.41) is 8.26. The van der Waals surface area contributed by atoms with Crippen LogP contribution in [0.15, 0.2) is 0 Å². The lowest BCUT2D eigenvalue weighted by molar-refractivity contribution is -0.142. The van der Waals surface area contributed by atoms with E-state index in [1.54, 1.807) is 12.6 Å². The van der Waals surface area contributed by atoms with Gasteiger partial charge in [-0.05, 0) is 19.3 Å². The van der Waals surface area contributed by atoms with Crippen molar-refractivity contribution in [2.75, 3.05) is 7.11 Å². The summed E-state index contributed by atoms with van der Waals surface area (Å²) in [5.41, 5.74) is 1.32. The van der Waals surface area contributed by atoms with E-state index in [9.17, 15) is 4.79 Å². The fraction of sp³-hybridized carbons (Fsp3) is 0.857. The highest BCUT2D eigenvalue weighted by molar-refractivity contribution is 5.75. The largest absolute Gasteiger partial charge is 0.378 e. The molecule has 0 bridgehead atoms. The molecule has 0 aromatic carbocycles. The molecule has 1 aliphatic rings. The monoisotopic (exact) mass is 159 g/mol. The van der Waals surface area contributed by atoms with Crippen LogP contribution in [0.5, 0.6) is 0 Å². The maximum absolute atomic E-state index is 10.7. The summed E-state index contributed by atoms with van der Waals surface area (Å²) in [5.74, 6) is -0.369. The van der Waals surface area contributed by atoms with Crippen molar-refractivity contribution in [2.24, 2.45) is 0 Å². The van der Waals surface area contributed by atoms with Crippen LogP contribution < -0.4 is 5.48 Å². The quantitative estimate of drug-likeness (QED) is 0.464. The second-order valence-electron chi connectivity index (χ2n) is 2.95. The van der Waals surface area contributed by atoms with Crippen LogP contribution in [0.4, 0.5) is 0 Å². The molecule has 0 atom stereocenters. The predicted molar refractivity (Wildman–Crippen MR) is 38.1 cm³/mol. The van der Waals surface area contributed by atoms with Crippen molar-refractivity contribution in [3.63, 3.8) is 0 Å². The molecule has 0 aromatic rings. The molecule has 1 aliphatic carbocycles. The topological polar surface area (TPSA) is 58.6 Å². The molecule has 11 heavy (non-hydrogen) atoms. The summed E-state index contributed by atoms with van der Waals surface area (Å²) in [4.78, 5) is 10.7. The minimum atomic E-state index is -0.369. The number of carbonyl (C=O) groups is 1. The Morgan fingerprint density at radius 1 is 1.73 bits per heavy atom. The third kappa shape index (κ3) is 1.70. The van der Waals surface area contributed by atoms with Crippen LogP contribution in [0.2, 0.25) is 0 Å². The smallest absolute Gasteiger partial charge is 0.246 e. The van der Waals surface area contributed by atoms with Gasteiger partial charge < -0.3 is 4.74 Å². The summed E-state index contributed by atoms with van der Waals surface area (Å²) < 4.78 is 5.17. The number of nitrogens with one attached hydrogen (secondary N) is 1. The normalized spacial score (nSPS) is 20.5. The van der Waals surface area contributed by atoms with Gasteiger partial charge >= 0.3 is 0 Å². The van der Waals surface area contributed by atoms with Gasteiger partial charge in [0.15, 0.2) is 0 Å². The average Bonchev–Trinajstić information content (AvgIpc) is 1.96. The standard InChI is InChI=1S/C7H13NO3/c1-11-7(3-2-4-7)5-6(9)8-10/h10H,2-5H2,1H3,(H,8,9). The fourth-order valence-electron chi connectivity index (χ4n) is 1.36. The van der Waals surface area contributed by atoms with E-state index in [1.165, 1.54) is 0 Å². The lowest BCUT2D eigenvalue weighted by atomic mass is 9.77. The van der Waals surface area contributed by atoms with Crippen molar-refractivity contribution in [2.45, 2.75) is 31.3 Å². The summed E-state index contributed by atoms with van der Waals surface area (Å²) in [6, 6.07) is 0. The van der Waals surface area contributed by atoms with Crippen molar-refractivity contribution in [1.82, 2.24) is 5.48 Å². The van der Waals surface area contributed by atoms with Gasteiger partial charge in [0.25, 0.3) is 0 Å². The van der Waals surface area contributed by atoms with E-state index in [4.69, 9.17) is 9.94 Å². The SMILES string of the molecule is COC1(CC(=O)NO)CCC1. The fourth-order valence-corrected chi connectivity index (χ4v) is 1.36. The zero-order valence-corrected chi connectivity index (χ0v) is 6.59. The van der Waals surface area contributed by atoms with Crippen molar-refractivity contribution >= 4 is 5.91 Å². The van der Waals surface area contributed by atoms with Gasteiger partial charge in [-0.1, -0.05) is 0 Å². The molecular weight excluding hydrogens is 146 g/mol. The molecule has 0 spiro atoms.